The summed E-state index contributed by atoms with van der Waals surface area (Å²) in [5.41, 5.74) is 2.25. The van der Waals surface area contributed by atoms with Crippen LogP contribution in [0.25, 0.3) is 10.2 Å². The van der Waals surface area contributed by atoms with Crippen molar-refractivity contribution in [2.75, 3.05) is 18.5 Å². The quantitative estimate of drug-likeness (QED) is 0.614. The highest BCUT2D eigenvalue weighted by Crippen LogP contribution is 2.34. The number of nitriles is 1. The van der Waals surface area contributed by atoms with Crippen LogP contribution in [0.1, 0.15) is 17.8 Å². The van der Waals surface area contributed by atoms with E-state index in [1.165, 1.54) is 11.3 Å². The zero-order chi connectivity index (χ0) is 21.1. The van der Waals surface area contributed by atoms with Gasteiger partial charge in [0.1, 0.15) is 10.5 Å². The molecule has 1 saturated carbocycles. The molecule has 7 nitrogen and oxygen atoms in total. The Morgan fingerprint density at radius 2 is 1.93 bits per heavy atom. The van der Waals surface area contributed by atoms with Gasteiger partial charge in [-0.15, -0.1) is 11.3 Å². The number of para-hydroxylation sites is 1. The summed E-state index contributed by atoms with van der Waals surface area (Å²) in [4.78, 5) is 30.7. The van der Waals surface area contributed by atoms with Crippen molar-refractivity contribution in [2.24, 2.45) is 0 Å². The largest absolute Gasteiger partial charge is 0.347 e. The van der Waals surface area contributed by atoms with Crippen LogP contribution in [-0.4, -0.2) is 35.9 Å². The minimum Gasteiger partial charge on any atom is -0.347 e. The van der Waals surface area contributed by atoms with Gasteiger partial charge in [0, 0.05) is 18.4 Å². The summed E-state index contributed by atoms with van der Waals surface area (Å²) < 4.78 is 1.00. The van der Waals surface area contributed by atoms with Gasteiger partial charge in [0.25, 0.3) is 0 Å². The van der Waals surface area contributed by atoms with Gasteiger partial charge >= 0.3 is 0 Å². The fraction of sp³-hybridized carbons (Fsp3) is 0.273. The van der Waals surface area contributed by atoms with Crippen molar-refractivity contribution in [1.29, 1.82) is 5.26 Å². The Morgan fingerprint density at radius 1 is 1.17 bits per heavy atom. The van der Waals surface area contributed by atoms with Crippen LogP contribution in [0, 0.1) is 11.3 Å². The van der Waals surface area contributed by atoms with Crippen LogP contribution in [0.5, 0.6) is 0 Å². The van der Waals surface area contributed by atoms with Gasteiger partial charge in [0.15, 0.2) is 0 Å². The Balaban J connectivity index is 1.37. The maximum atomic E-state index is 12.2. The fourth-order valence-corrected chi connectivity index (χ4v) is 4.12. The molecule has 1 heterocycles. The van der Waals surface area contributed by atoms with Gasteiger partial charge < -0.3 is 15.5 Å². The molecule has 4 rings (SSSR count). The highest BCUT2D eigenvalue weighted by molar-refractivity contribution is 7.18. The Labute approximate surface area is 178 Å². The lowest BCUT2D eigenvalue weighted by molar-refractivity contribution is -0.126. The SMILES string of the molecule is CN(c1ccccc1)c1ccc2nc(CC(=O)NCC(=O)NC3(C#N)CC3)sc2c1. The predicted octanol–water partition coefficient (Wildman–Crippen LogP) is 2.90. The van der Waals surface area contributed by atoms with E-state index in [2.05, 4.69) is 32.7 Å². The second kappa shape index (κ2) is 8.13. The van der Waals surface area contributed by atoms with Crippen molar-refractivity contribution in [3.8, 4) is 6.07 Å². The smallest absolute Gasteiger partial charge is 0.240 e. The topological polar surface area (TPSA) is 98.1 Å². The first kappa shape index (κ1) is 19.9. The minimum atomic E-state index is -0.723. The summed E-state index contributed by atoms with van der Waals surface area (Å²) in [5, 5.41) is 15.0. The van der Waals surface area contributed by atoms with Gasteiger partial charge in [0.2, 0.25) is 11.8 Å². The van der Waals surface area contributed by atoms with Crippen molar-refractivity contribution in [2.45, 2.75) is 24.8 Å². The van der Waals surface area contributed by atoms with Gasteiger partial charge in [-0.1, -0.05) is 18.2 Å². The molecular weight excluding hydrogens is 398 g/mol. The molecule has 2 aromatic carbocycles. The normalized spacial score (nSPS) is 14.0. The summed E-state index contributed by atoms with van der Waals surface area (Å²) in [6, 6.07) is 18.2. The molecular formula is C22H21N5O2S. The van der Waals surface area contributed by atoms with Gasteiger partial charge in [-0.25, -0.2) is 4.98 Å². The third kappa shape index (κ3) is 4.42. The van der Waals surface area contributed by atoms with Crippen LogP contribution >= 0.6 is 11.3 Å². The molecule has 2 N–H and O–H groups in total. The molecule has 0 spiro atoms. The van der Waals surface area contributed by atoms with Crippen molar-refractivity contribution in [1.82, 2.24) is 15.6 Å². The van der Waals surface area contributed by atoms with E-state index in [0.717, 1.165) is 21.6 Å². The molecule has 0 aliphatic heterocycles. The lowest BCUT2D eigenvalue weighted by Gasteiger charge is -2.19. The summed E-state index contributed by atoms with van der Waals surface area (Å²) in [6.45, 7) is -0.140. The van der Waals surface area contributed by atoms with E-state index in [4.69, 9.17) is 5.26 Å². The summed E-state index contributed by atoms with van der Waals surface area (Å²) in [7, 11) is 2.01. The third-order valence-corrected chi connectivity index (χ3v) is 6.07. The van der Waals surface area contributed by atoms with Crippen LogP contribution in [0.2, 0.25) is 0 Å². The highest BCUT2D eigenvalue weighted by atomic mass is 32.1. The summed E-state index contributed by atoms with van der Waals surface area (Å²) >= 11 is 1.47. The number of carbonyl (C=O) groups is 2. The molecule has 8 heteroatoms. The number of carbonyl (C=O) groups excluding carboxylic acids is 2. The lowest BCUT2D eigenvalue weighted by atomic mass is 10.2. The number of anilines is 2. The van der Waals surface area contributed by atoms with Crippen molar-refractivity contribution in [3.05, 3.63) is 53.5 Å². The van der Waals surface area contributed by atoms with Crippen molar-refractivity contribution >= 4 is 44.7 Å². The number of hydrogen-bond donors (Lipinski definition) is 2. The number of aromatic nitrogens is 1. The van der Waals surface area contributed by atoms with Crippen LogP contribution in [0.3, 0.4) is 0 Å². The van der Waals surface area contributed by atoms with Crippen LogP contribution in [0.4, 0.5) is 11.4 Å². The van der Waals surface area contributed by atoms with E-state index in [1.54, 1.807) is 0 Å². The first-order chi connectivity index (χ1) is 14.5. The summed E-state index contributed by atoms with van der Waals surface area (Å²) in [5.74, 6) is -0.618. The molecule has 0 bridgehead atoms. The Bertz CT molecular complexity index is 1130. The first-order valence-corrected chi connectivity index (χ1v) is 10.5. The molecule has 0 atom stereocenters. The van der Waals surface area contributed by atoms with Crippen LogP contribution in [-0.2, 0) is 16.0 Å². The Hall–Kier alpha value is -3.44. The molecule has 0 saturated heterocycles. The predicted molar refractivity (Wildman–Crippen MR) is 117 cm³/mol. The molecule has 0 unspecified atom stereocenters. The molecule has 3 aromatic rings. The zero-order valence-electron chi connectivity index (χ0n) is 16.5. The first-order valence-electron chi connectivity index (χ1n) is 9.65. The van der Waals surface area contributed by atoms with Gasteiger partial charge in [-0.3, -0.25) is 9.59 Å². The maximum Gasteiger partial charge on any atom is 0.240 e. The molecule has 1 aliphatic rings. The van der Waals surface area contributed by atoms with Crippen molar-refractivity contribution < 1.29 is 9.59 Å². The van der Waals surface area contributed by atoms with E-state index in [1.807, 2.05) is 49.5 Å². The standard InChI is InChI=1S/C22H21N5O2S/c1-27(15-5-3-2-4-6-15)16-7-8-17-18(11-16)30-21(25-17)12-19(28)24-13-20(29)26-22(14-23)9-10-22/h2-8,11H,9-10,12-13H2,1H3,(H,24,28)(H,26,29). The van der Waals surface area contributed by atoms with Crippen LogP contribution < -0.4 is 15.5 Å². The molecule has 1 aromatic heterocycles. The minimum absolute atomic E-state index is 0.111. The molecule has 2 amide bonds. The Kier molecular flexibility index (Phi) is 5.38. The van der Waals surface area contributed by atoms with Crippen LogP contribution in [0.15, 0.2) is 48.5 Å². The molecule has 1 fully saturated rings. The molecule has 152 valence electrons. The fourth-order valence-electron chi connectivity index (χ4n) is 3.13. The number of hydrogen-bond acceptors (Lipinski definition) is 6. The highest BCUT2D eigenvalue weighted by Gasteiger charge is 2.44. The number of amides is 2. The number of nitrogens with zero attached hydrogens (tertiary/aromatic N) is 3. The number of thiazole rings is 1. The zero-order valence-corrected chi connectivity index (χ0v) is 17.3. The summed E-state index contributed by atoms with van der Waals surface area (Å²) in [6.07, 6.45) is 1.44. The Morgan fingerprint density at radius 3 is 2.63 bits per heavy atom. The van der Waals surface area contributed by atoms with E-state index >= 15 is 0 Å². The number of fused-ring (bicyclic) bond motifs is 1. The molecule has 0 radical (unpaired) electrons. The van der Waals surface area contributed by atoms with Gasteiger partial charge in [-0.05, 0) is 43.2 Å². The lowest BCUT2D eigenvalue weighted by Crippen LogP contribution is -2.43. The third-order valence-electron chi connectivity index (χ3n) is 5.05. The monoisotopic (exact) mass is 419 g/mol. The van der Waals surface area contributed by atoms with Gasteiger partial charge in [-0.2, -0.15) is 5.26 Å². The molecule has 1 aliphatic carbocycles. The maximum absolute atomic E-state index is 12.2. The average molecular weight is 420 g/mol. The average Bonchev–Trinajstić information content (AvgIpc) is 3.42. The number of rotatable bonds is 7. The number of benzene rings is 2. The number of nitrogens with one attached hydrogen (secondary N) is 2. The van der Waals surface area contributed by atoms with E-state index < -0.39 is 5.54 Å². The van der Waals surface area contributed by atoms with E-state index in [9.17, 15) is 9.59 Å². The second-order valence-corrected chi connectivity index (χ2v) is 8.46. The molecule has 30 heavy (non-hydrogen) atoms. The van der Waals surface area contributed by atoms with E-state index in [-0.39, 0.29) is 24.8 Å². The van der Waals surface area contributed by atoms with Gasteiger partial charge in [0.05, 0.1) is 29.3 Å². The van der Waals surface area contributed by atoms with E-state index in [0.29, 0.717) is 17.8 Å². The second-order valence-electron chi connectivity index (χ2n) is 7.35. The van der Waals surface area contributed by atoms with Crippen molar-refractivity contribution in [3.63, 3.8) is 0 Å².